The molecule has 0 saturated carbocycles. The number of aromatic nitrogens is 2. The Hall–Kier alpha value is -1.88. The van der Waals surface area contributed by atoms with Gasteiger partial charge >= 0.3 is 12.1 Å². The third-order valence-electron chi connectivity index (χ3n) is 5.01. The quantitative estimate of drug-likeness (QED) is 0.537. The topological polar surface area (TPSA) is 73.2 Å². The lowest BCUT2D eigenvalue weighted by Gasteiger charge is -2.18. The van der Waals surface area contributed by atoms with Gasteiger partial charge in [-0.15, -0.1) is 11.3 Å². The van der Waals surface area contributed by atoms with E-state index in [0.717, 1.165) is 28.0 Å². The van der Waals surface area contributed by atoms with Crippen LogP contribution in [0.3, 0.4) is 0 Å². The summed E-state index contributed by atoms with van der Waals surface area (Å²) in [6, 6.07) is 0. The van der Waals surface area contributed by atoms with Crippen molar-refractivity contribution in [2.24, 2.45) is 5.92 Å². The Bertz CT molecular complexity index is 1010. The first kappa shape index (κ1) is 23.8. The second-order valence-electron chi connectivity index (χ2n) is 7.96. The number of ether oxygens (including phenoxy) is 1. The van der Waals surface area contributed by atoms with Crippen LogP contribution in [0.1, 0.15) is 59.4 Å². The van der Waals surface area contributed by atoms with Crippen molar-refractivity contribution in [1.82, 2.24) is 9.78 Å². The van der Waals surface area contributed by atoms with E-state index < -0.39 is 30.3 Å². The van der Waals surface area contributed by atoms with E-state index in [1.165, 1.54) is 18.3 Å². The lowest BCUT2D eigenvalue weighted by Crippen LogP contribution is -2.22. The maximum Gasteiger partial charge on any atom is 0.436 e. The predicted octanol–water partition coefficient (Wildman–Crippen LogP) is 5.36. The molecule has 1 amide bonds. The van der Waals surface area contributed by atoms with Gasteiger partial charge in [-0.2, -0.15) is 18.3 Å². The zero-order valence-corrected chi connectivity index (χ0v) is 19.9. The molecule has 2 aromatic heterocycles. The molecule has 0 bridgehead atoms. The third kappa shape index (κ3) is 5.14. The maximum atomic E-state index is 13.1. The highest BCUT2D eigenvalue weighted by Crippen LogP contribution is 2.40. The Labute approximate surface area is 190 Å². The first-order valence-corrected chi connectivity index (χ1v) is 11.4. The summed E-state index contributed by atoms with van der Waals surface area (Å²) < 4.78 is 45.4. The zero-order chi connectivity index (χ0) is 23.1. The van der Waals surface area contributed by atoms with Crippen LogP contribution in [0.25, 0.3) is 0 Å². The molecule has 0 fully saturated rings. The number of hydrogen-bond donors (Lipinski definition) is 1. The summed E-state index contributed by atoms with van der Waals surface area (Å²) in [6.45, 7) is 6.64. The Morgan fingerprint density at radius 2 is 2.06 bits per heavy atom. The summed E-state index contributed by atoms with van der Waals surface area (Å²) in [4.78, 5) is 26.4. The summed E-state index contributed by atoms with van der Waals surface area (Å²) in [5.74, 6) is -0.611. The Balaban J connectivity index is 1.87. The summed E-state index contributed by atoms with van der Waals surface area (Å²) in [5.41, 5.74) is 0.338. The Morgan fingerprint density at radius 3 is 2.65 bits per heavy atom. The minimum Gasteiger partial charge on any atom is -0.459 e. The number of hydrogen-bond acceptors (Lipinski definition) is 5. The molecule has 2 heterocycles. The molecule has 1 N–H and O–H groups in total. The number of esters is 1. The van der Waals surface area contributed by atoms with Crippen LogP contribution in [-0.4, -0.2) is 27.8 Å². The van der Waals surface area contributed by atoms with Crippen LogP contribution in [0.5, 0.6) is 0 Å². The largest absolute Gasteiger partial charge is 0.459 e. The van der Waals surface area contributed by atoms with Crippen molar-refractivity contribution >= 4 is 44.1 Å². The molecule has 170 valence electrons. The summed E-state index contributed by atoms with van der Waals surface area (Å²) >= 11 is 4.22. The van der Waals surface area contributed by atoms with Gasteiger partial charge in [-0.3, -0.25) is 9.48 Å². The van der Waals surface area contributed by atoms with Gasteiger partial charge in [0.25, 0.3) is 0 Å². The number of halogens is 4. The van der Waals surface area contributed by atoms with Crippen LogP contribution in [0.2, 0.25) is 0 Å². The normalized spacial score (nSPS) is 16.4. The molecule has 0 radical (unpaired) electrons. The van der Waals surface area contributed by atoms with E-state index in [1.54, 1.807) is 13.8 Å². The van der Waals surface area contributed by atoms with Crippen molar-refractivity contribution in [3.05, 3.63) is 31.9 Å². The monoisotopic (exact) mass is 521 g/mol. The smallest absolute Gasteiger partial charge is 0.436 e. The standard InChI is InChI=1S/C20H23BrF3N3O3S/c1-9(2)30-19(29)15-12-6-5-10(3)7-13(12)31-18(15)25-14(28)8-27-11(4)16(21)17(26-27)20(22,23)24/h9-10H,5-8H2,1-4H3,(H,25,28)/t10-/m1/s1. The number of rotatable bonds is 5. The molecule has 2 aromatic rings. The highest BCUT2D eigenvalue weighted by molar-refractivity contribution is 9.10. The molecule has 0 unspecified atom stereocenters. The van der Waals surface area contributed by atoms with Gasteiger partial charge in [0, 0.05) is 4.88 Å². The minimum atomic E-state index is -4.64. The molecule has 0 aliphatic heterocycles. The van der Waals surface area contributed by atoms with Crippen LogP contribution >= 0.6 is 27.3 Å². The summed E-state index contributed by atoms with van der Waals surface area (Å²) in [6.07, 6.45) is -2.51. The number of carbonyl (C=O) groups excluding carboxylic acids is 2. The fourth-order valence-corrected chi connectivity index (χ4v) is 5.41. The molecule has 0 aromatic carbocycles. The lowest BCUT2D eigenvalue weighted by atomic mass is 9.88. The van der Waals surface area contributed by atoms with Crippen molar-refractivity contribution < 1.29 is 27.5 Å². The van der Waals surface area contributed by atoms with E-state index in [4.69, 9.17) is 4.74 Å². The van der Waals surface area contributed by atoms with Gasteiger partial charge < -0.3 is 10.1 Å². The molecule has 0 spiro atoms. The van der Waals surface area contributed by atoms with E-state index in [2.05, 4.69) is 33.3 Å². The van der Waals surface area contributed by atoms with E-state index in [1.807, 2.05) is 0 Å². The van der Waals surface area contributed by atoms with Crippen LogP contribution in [-0.2, 0) is 35.1 Å². The van der Waals surface area contributed by atoms with Crippen LogP contribution in [0.4, 0.5) is 18.2 Å². The van der Waals surface area contributed by atoms with Crippen molar-refractivity contribution in [2.75, 3.05) is 5.32 Å². The minimum absolute atomic E-state index is 0.182. The maximum absolute atomic E-state index is 13.1. The Morgan fingerprint density at radius 1 is 1.39 bits per heavy atom. The van der Waals surface area contributed by atoms with Gasteiger partial charge in [-0.25, -0.2) is 4.79 Å². The summed E-state index contributed by atoms with van der Waals surface area (Å²) in [7, 11) is 0. The van der Waals surface area contributed by atoms with Crippen LogP contribution in [0, 0.1) is 12.8 Å². The molecule has 1 aliphatic rings. The number of fused-ring (bicyclic) bond motifs is 1. The van der Waals surface area contributed by atoms with Gasteiger partial charge in [0.05, 0.1) is 21.8 Å². The highest BCUT2D eigenvalue weighted by atomic mass is 79.9. The van der Waals surface area contributed by atoms with Gasteiger partial charge in [-0.05, 0) is 67.4 Å². The molecule has 1 atom stereocenters. The number of nitrogens with one attached hydrogen (secondary N) is 1. The third-order valence-corrected chi connectivity index (χ3v) is 7.13. The molecule has 11 heteroatoms. The number of carbonyl (C=O) groups is 2. The molecule has 0 saturated heterocycles. The van der Waals surface area contributed by atoms with Crippen molar-refractivity contribution in [3.8, 4) is 0 Å². The van der Waals surface area contributed by atoms with E-state index in [-0.39, 0.29) is 16.3 Å². The van der Waals surface area contributed by atoms with Gasteiger partial charge in [0.2, 0.25) is 5.91 Å². The van der Waals surface area contributed by atoms with Crippen molar-refractivity contribution in [2.45, 2.75) is 65.8 Å². The number of thiophene rings is 1. The summed E-state index contributed by atoms with van der Waals surface area (Å²) in [5, 5.41) is 6.60. The van der Waals surface area contributed by atoms with Gasteiger partial charge in [-0.1, -0.05) is 6.92 Å². The molecule has 3 rings (SSSR count). The first-order chi connectivity index (χ1) is 14.4. The highest BCUT2D eigenvalue weighted by Gasteiger charge is 2.38. The van der Waals surface area contributed by atoms with Crippen molar-refractivity contribution in [3.63, 3.8) is 0 Å². The molecular formula is C20H23BrF3N3O3S. The fraction of sp³-hybridized carbons (Fsp3) is 0.550. The number of alkyl halides is 3. The first-order valence-electron chi connectivity index (χ1n) is 9.83. The SMILES string of the molecule is Cc1c(Br)c(C(F)(F)F)nn1CC(=O)Nc1sc2c(c1C(=O)OC(C)C)CC[C@@H](C)C2. The second kappa shape index (κ2) is 8.93. The predicted molar refractivity (Wildman–Crippen MR) is 114 cm³/mol. The molecule has 6 nitrogen and oxygen atoms in total. The molecule has 1 aliphatic carbocycles. The van der Waals surface area contributed by atoms with Gasteiger partial charge in [0.1, 0.15) is 11.5 Å². The fourth-order valence-electron chi connectivity index (χ4n) is 3.49. The molecule has 31 heavy (non-hydrogen) atoms. The van der Waals surface area contributed by atoms with Crippen molar-refractivity contribution in [1.29, 1.82) is 0 Å². The van der Waals surface area contributed by atoms with E-state index in [9.17, 15) is 22.8 Å². The number of anilines is 1. The second-order valence-corrected chi connectivity index (χ2v) is 9.86. The van der Waals surface area contributed by atoms with Gasteiger partial charge in [0.15, 0.2) is 5.69 Å². The zero-order valence-electron chi connectivity index (χ0n) is 17.5. The molecular weight excluding hydrogens is 499 g/mol. The van der Waals surface area contributed by atoms with E-state index >= 15 is 0 Å². The average Bonchev–Trinajstić information content (AvgIpc) is 3.12. The van der Waals surface area contributed by atoms with E-state index in [0.29, 0.717) is 22.9 Å². The van der Waals surface area contributed by atoms with Crippen LogP contribution < -0.4 is 5.32 Å². The Kier molecular flexibility index (Phi) is 6.85. The average molecular weight is 522 g/mol. The van der Waals surface area contributed by atoms with Crippen LogP contribution in [0.15, 0.2) is 4.47 Å². The lowest BCUT2D eigenvalue weighted by molar-refractivity contribution is -0.142. The number of nitrogens with zero attached hydrogens (tertiary/aromatic N) is 2. The number of amides is 1.